The Morgan fingerprint density at radius 2 is 2.08 bits per heavy atom. The number of hydrogen-bond acceptors (Lipinski definition) is 4. The van der Waals surface area contributed by atoms with Gasteiger partial charge >= 0.3 is 0 Å². The predicted molar refractivity (Wildman–Crippen MR) is 98.8 cm³/mol. The molecule has 0 bridgehead atoms. The first-order valence-corrected chi connectivity index (χ1v) is 8.81. The lowest BCUT2D eigenvalue weighted by atomic mass is 10.2. The number of benzene rings is 1. The molecular formula is C17H17BrClN3O2. The summed E-state index contributed by atoms with van der Waals surface area (Å²) in [6.07, 6.45) is 1.87. The molecule has 7 heteroatoms. The summed E-state index contributed by atoms with van der Waals surface area (Å²) < 4.78 is 6.32. The SMILES string of the molecule is O=C(Cc1ccc(Cl)nc1)Nc1cc(Br)ccc1N1CCOCC1. The van der Waals surface area contributed by atoms with Crippen LogP contribution >= 0.6 is 27.5 Å². The summed E-state index contributed by atoms with van der Waals surface area (Å²) in [7, 11) is 0. The van der Waals surface area contributed by atoms with E-state index in [0.29, 0.717) is 18.4 Å². The Morgan fingerprint density at radius 3 is 2.79 bits per heavy atom. The van der Waals surface area contributed by atoms with Gasteiger partial charge in [-0.3, -0.25) is 4.79 Å². The number of nitrogens with zero attached hydrogens (tertiary/aromatic N) is 2. The molecule has 0 atom stereocenters. The highest BCUT2D eigenvalue weighted by Crippen LogP contribution is 2.30. The fraction of sp³-hybridized carbons (Fsp3) is 0.294. The standard InChI is InChI=1S/C17H17BrClN3O2/c18-13-2-3-15(22-5-7-24-8-6-22)14(10-13)21-17(23)9-12-1-4-16(19)20-11-12/h1-4,10-11H,5-9H2,(H,21,23). The molecule has 126 valence electrons. The summed E-state index contributed by atoms with van der Waals surface area (Å²) in [5, 5.41) is 3.42. The first-order chi connectivity index (χ1) is 11.6. The van der Waals surface area contributed by atoms with Gasteiger partial charge in [0, 0.05) is 23.8 Å². The van der Waals surface area contributed by atoms with E-state index in [-0.39, 0.29) is 12.3 Å². The maximum atomic E-state index is 12.4. The van der Waals surface area contributed by atoms with Crippen molar-refractivity contribution in [3.63, 3.8) is 0 Å². The van der Waals surface area contributed by atoms with Gasteiger partial charge in [0.2, 0.25) is 5.91 Å². The van der Waals surface area contributed by atoms with Crippen molar-refractivity contribution in [1.29, 1.82) is 0 Å². The fourth-order valence-corrected chi connectivity index (χ4v) is 3.05. The first-order valence-electron chi connectivity index (χ1n) is 7.64. The third kappa shape index (κ3) is 4.47. The molecule has 5 nitrogen and oxygen atoms in total. The van der Waals surface area contributed by atoms with Crippen LogP contribution < -0.4 is 10.2 Å². The van der Waals surface area contributed by atoms with Crippen LogP contribution in [0, 0.1) is 0 Å². The van der Waals surface area contributed by atoms with Crippen LogP contribution in [0.2, 0.25) is 5.15 Å². The van der Waals surface area contributed by atoms with E-state index in [1.165, 1.54) is 0 Å². The summed E-state index contributed by atoms with van der Waals surface area (Å²) in [6.45, 7) is 3.01. The second-order valence-electron chi connectivity index (χ2n) is 5.48. The van der Waals surface area contributed by atoms with Gasteiger partial charge in [0.25, 0.3) is 0 Å². The van der Waals surface area contributed by atoms with Crippen molar-refractivity contribution >= 4 is 44.8 Å². The van der Waals surface area contributed by atoms with Gasteiger partial charge in [-0.25, -0.2) is 4.98 Å². The summed E-state index contributed by atoms with van der Waals surface area (Å²) in [6, 6.07) is 9.39. The number of rotatable bonds is 4. The lowest BCUT2D eigenvalue weighted by Gasteiger charge is -2.30. The Balaban J connectivity index is 1.74. The average Bonchev–Trinajstić information content (AvgIpc) is 2.58. The van der Waals surface area contributed by atoms with Gasteiger partial charge in [-0.15, -0.1) is 0 Å². The van der Waals surface area contributed by atoms with Crippen molar-refractivity contribution in [2.75, 3.05) is 36.5 Å². The number of aromatic nitrogens is 1. The topological polar surface area (TPSA) is 54.5 Å². The van der Waals surface area contributed by atoms with E-state index in [4.69, 9.17) is 16.3 Å². The second-order valence-corrected chi connectivity index (χ2v) is 6.78. The van der Waals surface area contributed by atoms with Gasteiger partial charge in [0.15, 0.2) is 0 Å². The molecule has 1 amide bonds. The number of anilines is 2. The Bertz CT molecular complexity index is 718. The number of morpholine rings is 1. The maximum Gasteiger partial charge on any atom is 0.228 e. The molecule has 1 aromatic heterocycles. The molecule has 0 spiro atoms. The van der Waals surface area contributed by atoms with Crippen LogP contribution in [0.25, 0.3) is 0 Å². The van der Waals surface area contributed by atoms with Crippen LogP contribution in [0.1, 0.15) is 5.56 Å². The van der Waals surface area contributed by atoms with Crippen LogP contribution in [0.4, 0.5) is 11.4 Å². The number of nitrogens with one attached hydrogen (secondary N) is 1. The van der Waals surface area contributed by atoms with Crippen molar-refractivity contribution in [3.8, 4) is 0 Å². The normalized spacial score (nSPS) is 14.5. The maximum absolute atomic E-state index is 12.4. The van der Waals surface area contributed by atoms with Crippen LogP contribution in [0.5, 0.6) is 0 Å². The van der Waals surface area contributed by atoms with Crippen LogP contribution in [0.15, 0.2) is 41.0 Å². The predicted octanol–water partition coefficient (Wildman–Crippen LogP) is 3.52. The molecule has 1 aliphatic heterocycles. The summed E-state index contributed by atoms with van der Waals surface area (Å²) in [4.78, 5) is 18.6. The van der Waals surface area contributed by atoms with Gasteiger partial charge < -0.3 is 15.0 Å². The van der Waals surface area contributed by atoms with Gasteiger partial charge in [-0.05, 0) is 29.8 Å². The quantitative estimate of drug-likeness (QED) is 0.784. The molecular weight excluding hydrogens is 394 g/mol. The highest BCUT2D eigenvalue weighted by molar-refractivity contribution is 9.10. The molecule has 0 aliphatic carbocycles. The molecule has 1 fully saturated rings. The van der Waals surface area contributed by atoms with Gasteiger partial charge in [0.05, 0.1) is 31.0 Å². The van der Waals surface area contributed by atoms with Crippen LogP contribution in [-0.2, 0) is 16.0 Å². The fourth-order valence-electron chi connectivity index (χ4n) is 2.58. The van der Waals surface area contributed by atoms with Gasteiger partial charge in [-0.1, -0.05) is 33.6 Å². The molecule has 1 saturated heterocycles. The van der Waals surface area contributed by atoms with E-state index in [0.717, 1.165) is 34.5 Å². The monoisotopic (exact) mass is 409 g/mol. The van der Waals surface area contributed by atoms with Gasteiger partial charge in [-0.2, -0.15) is 0 Å². The molecule has 1 aliphatic rings. The van der Waals surface area contributed by atoms with E-state index < -0.39 is 0 Å². The lowest BCUT2D eigenvalue weighted by Crippen LogP contribution is -2.36. The number of pyridine rings is 1. The molecule has 1 aromatic carbocycles. The zero-order valence-electron chi connectivity index (χ0n) is 13.0. The number of carbonyl (C=O) groups excluding carboxylic acids is 1. The molecule has 0 radical (unpaired) electrons. The number of hydrogen-bond donors (Lipinski definition) is 1. The molecule has 0 saturated carbocycles. The van der Waals surface area contributed by atoms with E-state index in [1.807, 2.05) is 18.2 Å². The molecule has 24 heavy (non-hydrogen) atoms. The number of halogens is 2. The summed E-state index contributed by atoms with van der Waals surface area (Å²) in [5.74, 6) is -0.0910. The van der Waals surface area contributed by atoms with Crippen molar-refractivity contribution < 1.29 is 9.53 Å². The summed E-state index contributed by atoms with van der Waals surface area (Å²) in [5.41, 5.74) is 2.61. The Labute approximate surface area is 154 Å². The van der Waals surface area contributed by atoms with E-state index in [1.54, 1.807) is 18.3 Å². The molecule has 3 rings (SSSR count). The molecule has 2 heterocycles. The zero-order valence-corrected chi connectivity index (χ0v) is 15.3. The van der Waals surface area contributed by atoms with E-state index in [2.05, 4.69) is 31.1 Å². The highest BCUT2D eigenvalue weighted by Gasteiger charge is 2.16. The smallest absolute Gasteiger partial charge is 0.228 e. The minimum absolute atomic E-state index is 0.0910. The first kappa shape index (κ1) is 17.2. The third-order valence-electron chi connectivity index (χ3n) is 3.74. The van der Waals surface area contributed by atoms with Crippen molar-refractivity contribution in [1.82, 2.24) is 4.98 Å². The van der Waals surface area contributed by atoms with Crippen molar-refractivity contribution in [3.05, 3.63) is 51.7 Å². The van der Waals surface area contributed by atoms with E-state index >= 15 is 0 Å². The molecule has 0 unspecified atom stereocenters. The Morgan fingerprint density at radius 1 is 1.29 bits per heavy atom. The molecule has 2 aromatic rings. The zero-order chi connectivity index (χ0) is 16.9. The van der Waals surface area contributed by atoms with Crippen LogP contribution in [0.3, 0.4) is 0 Å². The number of carbonyl (C=O) groups is 1. The average molecular weight is 411 g/mol. The number of amides is 1. The minimum atomic E-state index is -0.0910. The Kier molecular flexibility index (Phi) is 5.71. The lowest BCUT2D eigenvalue weighted by molar-refractivity contribution is -0.115. The van der Waals surface area contributed by atoms with Gasteiger partial charge in [0.1, 0.15) is 5.15 Å². The largest absolute Gasteiger partial charge is 0.378 e. The Hall–Kier alpha value is -1.63. The minimum Gasteiger partial charge on any atom is -0.378 e. The van der Waals surface area contributed by atoms with Crippen molar-refractivity contribution in [2.45, 2.75) is 6.42 Å². The molecule has 1 N–H and O–H groups in total. The van der Waals surface area contributed by atoms with Crippen molar-refractivity contribution in [2.24, 2.45) is 0 Å². The van der Waals surface area contributed by atoms with E-state index in [9.17, 15) is 4.79 Å². The third-order valence-corrected chi connectivity index (χ3v) is 4.45. The highest BCUT2D eigenvalue weighted by atomic mass is 79.9. The van der Waals surface area contributed by atoms with Crippen LogP contribution in [-0.4, -0.2) is 37.2 Å². The second kappa shape index (κ2) is 7.96. The summed E-state index contributed by atoms with van der Waals surface area (Å²) >= 11 is 9.24. The number of ether oxygens (including phenoxy) is 1.